The number of hydrogen-bond donors (Lipinski definition) is 6. The highest BCUT2D eigenvalue weighted by atomic mass is 32.2. The maximum atomic E-state index is 13.4. The van der Waals surface area contributed by atoms with Gasteiger partial charge in [-0.25, -0.2) is 9.59 Å². The van der Waals surface area contributed by atoms with Crippen LogP contribution in [0.5, 0.6) is 0 Å². The molecule has 17 nitrogen and oxygen atoms in total. The molecule has 6 rings (SSSR count). The Kier molecular flexibility index (Phi) is 8.86. The summed E-state index contributed by atoms with van der Waals surface area (Å²) < 4.78 is 7.92. The van der Waals surface area contributed by atoms with E-state index in [1.54, 1.807) is 0 Å². The number of anilines is 1. The van der Waals surface area contributed by atoms with E-state index in [0.717, 1.165) is 32.3 Å². The summed E-state index contributed by atoms with van der Waals surface area (Å²) in [5.41, 5.74) is 11.8. The second kappa shape index (κ2) is 12.9. The van der Waals surface area contributed by atoms with Crippen molar-refractivity contribution in [3.8, 4) is 0 Å². The Morgan fingerprint density at radius 3 is 2.71 bits per heavy atom. The highest BCUT2D eigenvalue weighted by Crippen LogP contribution is 2.40. The van der Waals surface area contributed by atoms with Gasteiger partial charge in [0, 0.05) is 57.0 Å². The van der Waals surface area contributed by atoms with Crippen LogP contribution in [0, 0.1) is 5.41 Å². The summed E-state index contributed by atoms with van der Waals surface area (Å²) in [5, 5.41) is 34.6. The van der Waals surface area contributed by atoms with Gasteiger partial charge in [0.25, 0.3) is 11.8 Å². The maximum Gasteiger partial charge on any atom is 0.352 e. The zero-order valence-electron chi connectivity index (χ0n) is 25.8. The van der Waals surface area contributed by atoms with E-state index in [9.17, 15) is 29.4 Å². The fourth-order valence-corrected chi connectivity index (χ4v) is 7.85. The monoisotopic (exact) mass is 725 g/mol. The van der Waals surface area contributed by atoms with Gasteiger partial charge in [-0.3, -0.25) is 19.9 Å². The number of rotatable bonds is 12. The molecule has 2 atom stereocenters. The molecule has 4 aromatic heterocycles. The molecule has 0 aromatic carbocycles. The van der Waals surface area contributed by atoms with E-state index in [1.807, 2.05) is 51.2 Å². The summed E-state index contributed by atoms with van der Waals surface area (Å²) in [7, 11) is 0. The molecule has 0 spiro atoms. The number of nitrogens with one attached hydrogen (secondary N) is 2. The van der Waals surface area contributed by atoms with Crippen LogP contribution in [0.2, 0.25) is 0 Å². The molecule has 1 fully saturated rings. The third-order valence-electron chi connectivity index (χ3n) is 7.75. The number of carboxylic acid groups (broad SMARTS) is 2. The van der Waals surface area contributed by atoms with Crippen LogP contribution >= 0.6 is 34.6 Å². The standard InChI is InChI=1S/C29H28N10O7S3/c1-29(2,27(44)45)46-35-18(22-34-28(32)49-36-22)23(40)33-19-24(41)39-20(26(42)43)14(12-48-25(19)39)9-37-6-3-4-16-17(37)5-7-38(16)10-15-8-13(11-47-15)21(30)31/h3-8,11,19,25H,9-10,12H2,1-2H3,(H7-,30,31,32,33,34,36,40,42,43,44,45)/p+1/b35-18-/t19-,25-/m1/s1. The molecule has 0 radical (unpaired) electrons. The molecule has 6 heterocycles. The molecule has 1 saturated heterocycles. The Bertz CT molecular complexity index is 2100. The second-order valence-corrected chi connectivity index (χ2v) is 14.4. The third-order valence-corrected chi connectivity index (χ3v) is 10.6. The molecular formula is C29H29N10O7S3+. The molecule has 49 heavy (non-hydrogen) atoms. The van der Waals surface area contributed by atoms with E-state index in [4.69, 9.17) is 21.7 Å². The molecule has 2 aliphatic heterocycles. The van der Waals surface area contributed by atoms with Gasteiger partial charge in [0.05, 0.1) is 6.54 Å². The zero-order chi connectivity index (χ0) is 35.2. The quantitative estimate of drug-likeness (QED) is 0.0390. The normalized spacial score (nSPS) is 17.9. The number of nitrogens with zero attached hydrogens (tertiary/aromatic N) is 6. The van der Waals surface area contributed by atoms with E-state index in [1.165, 1.54) is 36.9 Å². The molecule has 2 amide bonds. The van der Waals surface area contributed by atoms with E-state index in [2.05, 4.69) is 19.8 Å². The summed E-state index contributed by atoms with van der Waals surface area (Å²) in [6, 6.07) is 6.51. The predicted molar refractivity (Wildman–Crippen MR) is 180 cm³/mol. The van der Waals surface area contributed by atoms with Crippen molar-refractivity contribution in [2.24, 2.45) is 10.9 Å². The van der Waals surface area contributed by atoms with Crippen LogP contribution in [-0.2, 0) is 37.1 Å². The molecule has 0 unspecified atom stereocenters. The molecule has 0 saturated carbocycles. The lowest BCUT2D eigenvalue weighted by Gasteiger charge is -2.49. The van der Waals surface area contributed by atoms with Gasteiger partial charge in [0.1, 0.15) is 28.5 Å². The Hall–Kier alpha value is -5.34. The molecule has 8 N–H and O–H groups in total. The number of hydrogen-bond acceptors (Lipinski definition) is 13. The first kappa shape index (κ1) is 33.6. The van der Waals surface area contributed by atoms with Gasteiger partial charge in [-0.15, -0.1) is 23.1 Å². The lowest BCUT2D eigenvalue weighted by molar-refractivity contribution is -0.663. The SMILES string of the molecule is CC(C)(O/N=C(\C(=O)N[C@@H]1C(=O)N2C(C(=O)O)=C(C[n+]3cccc4c3ccn4Cc3cc(C(=N)N)cs3)CS[C@H]12)c1nsc(N)n1)C(=O)O. The number of oxime groups is 1. The summed E-state index contributed by atoms with van der Waals surface area (Å²) in [5.74, 6) is -4.17. The lowest BCUT2D eigenvalue weighted by atomic mass is 10.0. The number of amidine groups is 1. The molecule has 2 aliphatic rings. The average molecular weight is 726 g/mol. The maximum absolute atomic E-state index is 13.4. The number of aromatic nitrogens is 4. The van der Waals surface area contributed by atoms with Crippen molar-refractivity contribution in [1.82, 2.24) is 24.1 Å². The number of carbonyl (C=O) groups is 4. The average Bonchev–Trinajstić information content (AvgIpc) is 3.81. The first-order chi connectivity index (χ1) is 23.2. The van der Waals surface area contributed by atoms with Crippen molar-refractivity contribution < 1.29 is 38.8 Å². The summed E-state index contributed by atoms with van der Waals surface area (Å²) in [6.45, 7) is 3.21. The van der Waals surface area contributed by atoms with Crippen molar-refractivity contribution in [2.75, 3.05) is 11.5 Å². The number of fused-ring (bicyclic) bond motifs is 2. The number of pyridine rings is 1. The van der Waals surface area contributed by atoms with Gasteiger partial charge in [0.15, 0.2) is 17.9 Å². The van der Waals surface area contributed by atoms with Gasteiger partial charge >= 0.3 is 11.9 Å². The Morgan fingerprint density at radius 2 is 2.06 bits per heavy atom. The van der Waals surface area contributed by atoms with Gasteiger partial charge in [-0.1, -0.05) is 5.16 Å². The summed E-state index contributed by atoms with van der Waals surface area (Å²) in [4.78, 5) is 62.0. The number of thioether (sulfide) groups is 1. The molecular weight excluding hydrogens is 697 g/mol. The van der Waals surface area contributed by atoms with Crippen molar-refractivity contribution in [3.05, 3.63) is 69.6 Å². The van der Waals surface area contributed by atoms with Crippen LogP contribution in [0.25, 0.3) is 11.0 Å². The number of aliphatic carboxylic acids is 2. The van der Waals surface area contributed by atoms with Crippen LogP contribution in [-0.4, -0.2) is 87.1 Å². The van der Waals surface area contributed by atoms with E-state index in [-0.39, 0.29) is 34.8 Å². The highest BCUT2D eigenvalue weighted by Gasteiger charge is 2.55. The number of carbonyl (C=O) groups excluding carboxylic acids is 2. The zero-order valence-corrected chi connectivity index (χ0v) is 28.3. The minimum atomic E-state index is -1.80. The van der Waals surface area contributed by atoms with Crippen molar-refractivity contribution in [1.29, 1.82) is 5.41 Å². The van der Waals surface area contributed by atoms with Gasteiger partial charge in [0.2, 0.25) is 22.7 Å². The topological polar surface area (TPSA) is 256 Å². The molecule has 254 valence electrons. The van der Waals surface area contributed by atoms with Crippen LogP contribution in [0.1, 0.15) is 30.1 Å². The first-order valence-electron chi connectivity index (χ1n) is 14.4. The number of nitrogen functional groups attached to an aromatic ring is 2. The first-order valence-corrected chi connectivity index (χ1v) is 17.1. The Morgan fingerprint density at radius 1 is 1.29 bits per heavy atom. The number of β-lactam (4-membered cyclic amide) rings is 1. The molecule has 4 aromatic rings. The van der Waals surface area contributed by atoms with Crippen molar-refractivity contribution in [3.63, 3.8) is 0 Å². The lowest BCUT2D eigenvalue weighted by Crippen LogP contribution is -2.71. The Labute approximate surface area is 289 Å². The molecule has 0 aliphatic carbocycles. The number of thiophene rings is 1. The van der Waals surface area contributed by atoms with Crippen LogP contribution < -0.4 is 21.4 Å². The fraction of sp³-hybridized carbons (Fsp3) is 0.276. The van der Waals surface area contributed by atoms with Gasteiger partial charge in [-0.2, -0.15) is 13.9 Å². The summed E-state index contributed by atoms with van der Waals surface area (Å²) >= 11 is 3.57. The van der Waals surface area contributed by atoms with Crippen LogP contribution in [0.15, 0.2) is 58.5 Å². The van der Waals surface area contributed by atoms with Crippen LogP contribution in [0.4, 0.5) is 5.13 Å². The minimum Gasteiger partial charge on any atom is -0.478 e. The number of amides is 2. The largest absolute Gasteiger partial charge is 0.478 e. The summed E-state index contributed by atoms with van der Waals surface area (Å²) in [6.07, 6.45) is 3.77. The molecule has 0 bridgehead atoms. The Balaban J connectivity index is 1.22. The van der Waals surface area contributed by atoms with E-state index in [0.29, 0.717) is 17.7 Å². The number of nitrogens with two attached hydrogens (primary N) is 2. The third kappa shape index (κ3) is 6.44. The second-order valence-electron chi connectivity index (χ2n) is 11.5. The van der Waals surface area contributed by atoms with E-state index < -0.39 is 46.5 Å². The molecule has 20 heteroatoms. The predicted octanol–water partition coefficient (Wildman–Crippen LogP) is 0.779. The van der Waals surface area contributed by atoms with E-state index >= 15 is 0 Å². The van der Waals surface area contributed by atoms with Gasteiger partial charge < -0.3 is 36.4 Å². The number of carboxylic acids is 2. The van der Waals surface area contributed by atoms with Gasteiger partial charge in [-0.05, 0) is 26.0 Å². The van der Waals surface area contributed by atoms with Crippen molar-refractivity contribution >= 4 is 86.1 Å². The highest BCUT2D eigenvalue weighted by molar-refractivity contribution is 8.00. The minimum absolute atomic E-state index is 0.00559. The smallest absolute Gasteiger partial charge is 0.352 e. The van der Waals surface area contributed by atoms with Crippen molar-refractivity contribution in [2.45, 2.75) is 44.0 Å². The van der Waals surface area contributed by atoms with Crippen LogP contribution in [0.3, 0.4) is 0 Å². The fourth-order valence-electron chi connectivity index (χ4n) is 5.20.